The predicted molar refractivity (Wildman–Crippen MR) is 62.5 cm³/mol. The number of rotatable bonds is 5. The molecule has 0 aromatic heterocycles. The van der Waals surface area contributed by atoms with Gasteiger partial charge in [-0.15, -0.1) is 0 Å². The Hall–Kier alpha value is -0.570. The Morgan fingerprint density at radius 2 is 1.93 bits per heavy atom. The molecule has 0 aromatic carbocycles. The second kappa shape index (κ2) is 5.50. The standard InChI is InChI=1S/C12H24N2O/c1-3-9-14(4-2)11(15)12(10-13)7-5-6-8-12/h3-10,13H2,1-2H3. The summed E-state index contributed by atoms with van der Waals surface area (Å²) in [6.07, 6.45) is 5.32. The lowest BCUT2D eigenvalue weighted by Crippen LogP contribution is -2.46. The first-order chi connectivity index (χ1) is 7.20. The van der Waals surface area contributed by atoms with Gasteiger partial charge in [-0.2, -0.15) is 0 Å². The van der Waals surface area contributed by atoms with Gasteiger partial charge in [0.15, 0.2) is 0 Å². The second-order valence-electron chi connectivity index (χ2n) is 4.58. The molecule has 1 fully saturated rings. The zero-order valence-corrected chi connectivity index (χ0v) is 10.1. The number of hydrogen-bond donors (Lipinski definition) is 1. The van der Waals surface area contributed by atoms with Gasteiger partial charge in [-0.3, -0.25) is 4.79 Å². The highest BCUT2D eigenvalue weighted by Gasteiger charge is 2.41. The van der Waals surface area contributed by atoms with Gasteiger partial charge in [0.2, 0.25) is 5.91 Å². The Balaban J connectivity index is 2.70. The summed E-state index contributed by atoms with van der Waals surface area (Å²) in [5.74, 6) is 0.298. The molecule has 1 aliphatic rings. The molecule has 0 aliphatic heterocycles. The van der Waals surface area contributed by atoms with Gasteiger partial charge in [0.1, 0.15) is 0 Å². The molecule has 0 aromatic rings. The lowest BCUT2D eigenvalue weighted by molar-refractivity contribution is -0.141. The quantitative estimate of drug-likeness (QED) is 0.755. The van der Waals surface area contributed by atoms with Gasteiger partial charge in [-0.25, -0.2) is 0 Å². The Morgan fingerprint density at radius 3 is 2.33 bits per heavy atom. The molecule has 0 radical (unpaired) electrons. The molecular formula is C12H24N2O. The molecule has 1 amide bonds. The summed E-state index contributed by atoms with van der Waals surface area (Å²) in [6.45, 7) is 6.37. The number of carbonyl (C=O) groups is 1. The van der Waals surface area contributed by atoms with E-state index in [1.807, 2.05) is 11.8 Å². The fourth-order valence-electron chi connectivity index (χ4n) is 2.57. The second-order valence-corrected chi connectivity index (χ2v) is 4.58. The lowest BCUT2D eigenvalue weighted by Gasteiger charge is -2.32. The van der Waals surface area contributed by atoms with Crippen LogP contribution in [-0.4, -0.2) is 30.4 Å². The summed E-state index contributed by atoms with van der Waals surface area (Å²) >= 11 is 0. The summed E-state index contributed by atoms with van der Waals surface area (Å²) in [6, 6.07) is 0. The number of hydrogen-bond acceptors (Lipinski definition) is 2. The molecule has 0 spiro atoms. The van der Waals surface area contributed by atoms with Crippen molar-refractivity contribution in [2.45, 2.75) is 46.0 Å². The van der Waals surface area contributed by atoms with Gasteiger partial charge < -0.3 is 10.6 Å². The molecule has 0 bridgehead atoms. The molecule has 0 saturated heterocycles. The van der Waals surface area contributed by atoms with Crippen molar-refractivity contribution in [2.24, 2.45) is 11.1 Å². The summed E-state index contributed by atoms with van der Waals surface area (Å²) in [4.78, 5) is 14.3. The van der Waals surface area contributed by atoms with E-state index in [9.17, 15) is 4.79 Å². The molecule has 1 rings (SSSR count). The number of nitrogens with two attached hydrogens (primary N) is 1. The average Bonchev–Trinajstić information content (AvgIpc) is 2.74. The van der Waals surface area contributed by atoms with Crippen LogP contribution < -0.4 is 5.73 Å². The highest BCUT2D eigenvalue weighted by molar-refractivity contribution is 5.83. The van der Waals surface area contributed by atoms with Gasteiger partial charge in [-0.1, -0.05) is 19.8 Å². The summed E-state index contributed by atoms with van der Waals surface area (Å²) < 4.78 is 0. The van der Waals surface area contributed by atoms with E-state index in [1.165, 1.54) is 0 Å². The maximum atomic E-state index is 12.4. The molecule has 2 N–H and O–H groups in total. The van der Waals surface area contributed by atoms with Crippen LogP contribution in [0.3, 0.4) is 0 Å². The van der Waals surface area contributed by atoms with Crippen LogP contribution in [0.5, 0.6) is 0 Å². The molecule has 0 heterocycles. The van der Waals surface area contributed by atoms with E-state index in [2.05, 4.69) is 6.92 Å². The maximum Gasteiger partial charge on any atom is 0.230 e. The Labute approximate surface area is 93.0 Å². The maximum absolute atomic E-state index is 12.4. The smallest absolute Gasteiger partial charge is 0.230 e. The van der Waals surface area contributed by atoms with E-state index in [1.54, 1.807) is 0 Å². The van der Waals surface area contributed by atoms with Crippen LogP contribution in [0, 0.1) is 5.41 Å². The first-order valence-electron chi connectivity index (χ1n) is 6.19. The third-order valence-corrected chi connectivity index (χ3v) is 3.57. The summed E-state index contributed by atoms with van der Waals surface area (Å²) in [7, 11) is 0. The first kappa shape index (κ1) is 12.5. The van der Waals surface area contributed by atoms with Crippen LogP contribution >= 0.6 is 0 Å². The van der Waals surface area contributed by atoms with Crippen molar-refractivity contribution < 1.29 is 4.79 Å². The van der Waals surface area contributed by atoms with Crippen molar-refractivity contribution in [2.75, 3.05) is 19.6 Å². The van der Waals surface area contributed by atoms with E-state index in [0.29, 0.717) is 12.5 Å². The SMILES string of the molecule is CCCN(CC)C(=O)C1(CN)CCCC1. The predicted octanol–water partition coefficient (Wildman–Crippen LogP) is 1.76. The summed E-state index contributed by atoms with van der Waals surface area (Å²) in [5, 5.41) is 0. The minimum atomic E-state index is -0.217. The summed E-state index contributed by atoms with van der Waals surface area (Å²) in [5.41, 5.74) is 5.59. The topological polar surface area (TPSA) is 46.3 Å². The van der Waals surface area contributed by atoms with Crippen molar-refractivity contribution >= 4 is 5.91 Å². The van der Waals surface area contributed by atoms with Gasteiger partial charge in [0, 0.05) is 19.6 Å². The van der Waals surface area contributed by atoms with Gasteiger partial charge in [0.25, 0.3) is 0 Å². The fourth-order valence-corrected chi connectivity index (χ4v) is 2.57. The van der Waals surface area contributed by atoms with Crippen LogP contribution in [0.1, 0.15) is 46.0 Å². The molecular weight excluding hydrogens is 188 g/mol. The van der Waals surface area contributed by atoms with Crippen molar-refractivity contribution in [3.8, 4) is 0 Å². The monoisotopic (exact) mass is 212 g/mol. The average molecular weight is 212 g/mol. The molecule has 88 valence electrons. The minimum Gasteiger partial charge on any atom is -0.342 e. The zero-order chi connectivity index (χ0) is 11.3. The molecule has 15 heavy (non-hydrogen) atoms. The van der Waals surface area contributed by atoms with Crippen molar-refractivity contribution in [3.63, 3.8) is 0 Å². The highest BCUT2D eigenvalue weighted by atomic mass is 16.2. The molecule has 3 heteroatoms. The minimum absolute atomic E-state index is 0.217. The largest absolute Gasteiger partial charge is 0.342 e. The third-order valence-electron chi connectivity index (χ3n) is 3.57. The Bertz CT molecular complexity index is 210. The van der Waals surface area contributed by atoms with E-state index in [-0.39, 0.29) is 5.41 Å². The van der Waals surface area contributed by atoms with Gasteiger partial charge >= 0.3 is 0 Å². The number of nitrogens with zero attached hydrogens (tertiary/aromatic N) is 1. The zero-order valence-electron chi connectivity index (χ0n) is 10.1. The molecule has 1 saturated carbocycles. The van der Waals surface area contributed by atoms with E-state index in [0.717, 1.165) is 45.2 Å². The van der Waals surface area contributed by atoms with E-state index >= 15 is 0 Å². The highest BCUT2D eigenvalue weighted by Crippen LogP contribution is 2.38. The van der Waals surface area contributed by atoms with Crippen LogP contribution in [0.25, 0.3) is 0 Å². The third kappa shape index (κ3) is 2.51. The molecule has 0 atom stereocenters. The lowest BCUT2D eigenvalue weighted by atomic mass is 9.84. The van der Waals surface area contributed by atoms with E-state index in [4.69, 9.17) is 5.73 Å². The van der Waals surface area contributed by atoms with Crippen LogP contribution in [-0.2, 0) is 4.79 Å². The number of carbonyl (C=O) groups excluding carboxylic acids is 1. The molecule has 0 unspecified atom stereocenters. The van der Waals surface area contributed by atoms with Crippen molar-refractivity contribution in [1.82, 2.24) is 4.90 Å². The van der Waals surface area contributed by atoms with Crippen LogP contribution in [0.4, 0.5) is 0 Å². The Kier molecular flexibility index (Phi) is 4.58. The van der Waals surface area contributed by atoms with E-state index < -0.39 is 0 Å². The van der Waals surface area contributed by atoms with Gasteiger partial charge in [0.05, 0.1) is 5.41 Å². The first-order valence-corrected chi connectivity index (χ1v) is 6.19. The normalized spacial score (nSPS) is 19.1. The molecule has 3 nitrogen and oxygen atoms in total. The number of amides is 1. The van der Waals surface area contributed by atoms with Crippen LogP contribution in [0.2, 0.25) is 0 Å². The fraction of sp³-hybridized carbons (Fsp3) is 0.917. The van der Waals surface area contributed by atoms with Gasteiger partial charge in [-0.05, 0) is 26.2 Å². The van der Waals surface area contributed by atoms with Crippen LogP contribution in [0.15, 0.2) is 0 Å². The van der Waals surface area contributed by atoms with Crippen molar-refractivity contribution in [3.05, 3.63) is 0 Å². The Morgan fingerprint density at radius 1 is 1.33 bits per heavy atom. The van der Waals surface area contributed by atoms with Crippen molar-refractivity contribution in [1.29, 1.82) is 0 Å². The molecule has 1 aliphatic carbocycles.